The third-order valence-electron chi connectivity index (χ3n) is 22.5. The summed E-state index contributed by atoms with van der Waals surface area (Å²) in [6.07, 6.45) is 7.12. The highest BCUT2D eigenvalue weighted by molar-refractivity contribution is 5.84. The molecule has 0 amide bonds. The topological polar surface area (TPSA) is 168 Å². The Morgan fingerprint density at radius 1 is 0.115 bits per heavy atom. The lowest BCUT2D eigenvalue weighted by atomic mass is 10.00. The van der Waals surface area contributed by atoms with Crippen molar-refractivity contribution in [2.24, 2.45) is 0 Å². The largest absolute Gasteiger partial charge is 0.256 e. The Balaban J connectivity index is 0.000000122. The fourth-order valence-electron chi connectivity index (χ4n) is 15.6. The van der Waals surface area contributed by atoms with E-state index in [1.807, 2.05) is 158 Å². The Hall–Kier alpha value is -17.8. The van der Waals surface area contributed by atoms with Gasteiger partial charge in [0.15, 0.2) is 46.6 Å². The molecule has 0 atom stereocenters. The quantitative estimate of drug-likeness (QED) is 0.0797. The molecule has 7 aromatic heterocycles. The van der Waals surface area contributed by atoms with Crippen LogP contribution in [0.15, 0.2) is 480 Å². The van der Waals surface area contributed by atoms with Gasteiger partial charge in [0, 0.05) is 96.9 Å². The summed E-state index contributed by atoms with van der Waals surface area (Å²) < 4.78 is 0. The van der Waals surface area contributed by atoms with E-state index in [0.717, 1.165) is 151 Å². The second kappa shape index (κ2) is 38.1. The zero-order chi connectivity index (χ0) is 87.0. The molecule has 0 unspecified atom stereocenters. The first kappa shape index (κ1) is 80.6. The third-order valence-corrected chi connectivity index (χ3v) is 22.5. The normalized spacial score (nSPS) is 10.9. The van der Waals surface area contributed by atoms with Crippen molar-refractivity contribution in [3.8, 4) is 203 Å². The van der Waals surface area contributed by atoms with E-state index in [4.69, 9.17) is 44.9 Å². The fraction of sp³-hybridized carbons (Fsp3) is 0. The number of aromatic nitrogens is 13. The summed E-state index contributed by atoms with van der Waals surface area (Å²) in [6, 6.07) is 155. The number of rotatable bonds is 18. The van der Waals surface area contributed by atoms with Crippen molar-refractivity contribution in [2.75, 3.05) is 0 Å². The second-order valence-electron chi connectivity index (χ2n) is 31.0. The molecule has 0 radical (unpaired) electrons. The monoisotopic (exact) mass is 1670 g/mol. The van der Waals surface area contributed by atoms with Gasteiger partial charge in [-0.2, -0.15) is 0 Å². The van der Waals surface area contributed by atoms with Gasteiger partial charge in [-0.05, 0) is 122 Å². The van der Waals surface area contributed by atoms with Crippen molar-refractivity contribution in [3.63, 3.8) is 0 Å². The molecule has 22 aromatic rings. The molecule has 13 nitrogen and oxygen atoms in total. The maximum atomic E-state index is 5.05. The zero-order valence-corrected chi connectivity index (χ0v) is 70.4. The molecule has 130 heavy (non-hydrogen) atoms. The SMILES string of the molecule is c1ccc(-c2ccc(-c3nc(-c4ccccc4)cc(-c4cccc(-c5ccc(-c6ncccn6)nc5)c4)n3)cc2)cc1.c1ccc(-c2ccc(-c3nc(-c4ccccc4)nc(-c4cccc(-c5ccc(-c6ccc7ccccc7n6)cc5)c4)n3)cc2)cc1.c1ccc(-c2ccc(-c3nc(-c4ccccc4)nc(-c4cccc(-c5ccc(-c6ccccn6)cc5)c4)n3)cc2)cc1. The van der Waals surface area contributed by atoms with Gasteiger partial charge in [0.05, 0.1) is 28.3 Å². The second-order valence-corrected chi connectivity index (χ2v) is 31.0. The Bertz CT molecular complexity index is 7310. The molecule has 0 bridgehead atoms. The van der Waals surface area contributed by atoms with Crippen LogP contribution in [0.2, 0.25) is 0 Å². The van der Waals surface area contributed by atoms with E-state index in [0.29, 0.717) is 46.6 Å². The summed E-state index contributed by atoms with van der Waals surface area (Å²) in [5, 5.41) is 1.14. The number of fused-ring (bicyclic) bond motifs is 1. The molecule has 0 aliphatic heterocycles. The van der Waals surface area contributed by atoms with Gasteiger partial charge >= 0.3 is 0 Å². The maximum Gasteiger partial charge on any atom is 0.178 e. The van der Waals surface area contributed by atoms with Crippen molar-refractivity contribution in [2.45, 2.75) is 0 Å². The molecule has 0 saturated heterocycles. The first-order chi connectivity index (χ1) is 64.4. The van der Waals surface area contributed by atoms with Crippen LogP contribution in [-0.4, -0.2) is 64.8 Å². The van der Waals surface area contributed by atoms with Crippen molar-refractivity contribution >= 4 is 10.9 Å². The van der Waals surface area contributed by atoms with Crippen LogP contribution in [0.3, 0.4) is 0 Å². The Labute approximate surface area is 753 Å². The Morgan fingerprint density at radius 2 is 0.400 bits per heavy atom. The Morgan fingerprint density at radius 3 is 0.831 bits per heavy atom. The molecule has 0 spiro atoms. The number of benzene rings is 15. The molecule has 7 heterocycles. The van der Waals surface area contributed by atoms with Crippen molar-refractivity contribution in [3.05, 3.63) is 480 Å². The van der Waals surface area contributed by atoms with Crippen LogP contribution < -0.4 is 0 Å². The smallest absolute Gasteiger partial charge is 0.178 e. The first-order valence-corrected chi connectivity index (χ1v) is 43.0. The molecule has 15 aromatic carbocycles. The molecule has 0 fully saturated rings. The minimum absolute atomic E-state index is 0.608. The first-order valence-electron chi connectivity index (χ1n) is 43.0. The molecule has 0 saturated carbocycles. The molecule has 0 aliphatic carbocycles. The van der Waals surface area contributed by atoms with Crippen LogP contribution in [0.5, 0.6) is 0 Å². The summed E-state index contributed by atoms with van der Waals surface area (Å²) in [6.45, 7) is 0. The summed E-state index contributed by atoms with van der Waals surface area (Å²) in [7, 11) is 0. The zero-order valence-electron chi connectivity index (χ0n) is 70.4. The standard InChI is InChI=1S/C42H28N4.C38H26N4.C37H25N5/c1-3-10-29(11-4-1)30-20-24-35(25-21-30)41-44-40(34-13-5-2-6-14-34)45-42(46-41)37-16-9-15-36(28-37)31-18-22-33(23-19-31)39-27-26-32-12-7-8-17-38(32)43-39;1-3-10-27(11-4-1)28-19-23-32(24-20-28)37-40-36(31-12-5-2-6-13-31)41-38(42-37)34-15-9-14-33(26-34)29-17-21-30(22-18-29)35-16-7-8-25-39-35;1-3-9-26(10-4-1)27-15-17-29(18-16-27)36-41-34(28-11-5-2-6-12-28)24-35(42-36)31-14-7-13-30(23-31)32-19-20-33(40-25-32)37-38-21-8-22-39-37/h1-28H;1-26H;1-25H. The lowest BCUT2D eigenvalue weighted by Crippen LogP contribution is -2.00. The minimum atomic E-state index is 0.608. The predicted octanol–water partition coefficient (Wildman–Crippen LogP) is 28.4. The number of para-hydroxylation sites is 1. The summed E-state index contributed by atoms with van der Waals surface area (Å²) in [5.74, 6) is 5.14. The van der Waals surface area contributed by atoms with Crippen LogP contribution in [0.25, 0.3) is 214 Å². The van der Waals surface area contributed by atoms with Crippen LogP contribution in [0.4, 0.5) is 0 Å². The molecule has 612 valence electrons. The van der Waals surface area contributed by atoms with E-state index in [9.17, 15) is 0 Å². The minimum Gasteiger partial charge on any atom is -0.256 e. The average molecular weight is 1670 g/mol. The van der Waals surface area contributed by atoms with Gasteiger partial charge < -0.3 is 0 Å². The van der Waals surface area contributed by atoms with Gasteiger partial charge in [-0.25, -0.2) is 54.8 Å². The van der Waals surface area contributed by atoms with Gasteiger partial charge in [-0.3, -0.25) is 9.97 Å². The highest BCUT2D eigenvalue weighted by Gasteiger charge is 2.19. The van der Waals surface area contributed by atoms with Gasteiger partial charge in [0.1, 0.15) is 5.69 Å². The van der Waals surface area contributed by atoms with Crippen LogP contribution in [-0.2, 0) is 0 Å². The van der Waals surface area contributed by atoms with E-state index in [2.05, 4.69) is 323 Å². The van der Waals surface area contributed by atoms with Gasteiger partial charge in [-0.15, -0.1) is 0 Å². The fourth-order valence-corrected chi connectivity index (χ4v) is 15.6. The third kappa shape index (κ3) is 18.8. The summed E-state index contributed by atoms with van der Waals surface area (Å²) >= 11 is 0. The highest BCUT2D eigenvalue weighted by Crippen LogP contribution is 2.37. The average Bonchev–Trinajstić information content (AvgIpc) is 0.799. The van der Waals surface area contributed by atoms with E-state index < -0.39 is 0 Å². The van der Waals surface area contributed by atoms with E-state index in [1.54, 1.807) is 18.5 Å². The molecule has 22 rings (SSSR count). The summed E-state index contributed by atoms with van der Waals surface area (Å²) in [5.41, 5.74) is 29.7. The lowest BCUT2D eigenvalue weighted by Gasteiger charge is -2.11. The van der Waals surface area contributed by atoms with Gasteiger partial charge in [-0.1, -0.05) is 394 Å². The van der Waals surface area contributed by atoms with Crippen LogP contribution >= 0.6 is 0 Å². The number of nitrogens with zero attached hydrogens (tertiary/aromatic N) is 13. The maximum absolute atomic E-state index is 5.05. The predicted molar refractivity (Wildman–Crippen MR) is 526 cm³/mol. The van der Waals surface area contributed by atoms with E-state index in [1.165, 1.54) is 16.7 Å². The van der Waals surface area contributed by atoms with Crippen LogP contribution in [0, 0.1) is 0 Å². The van der Waals surface area contributed by atoms with Crippen molar-refractivity contribution in [1.82, 2.24) is 64.8 Å². The lowest BCUT2D eigenvalue weighted by molar-refractivity contribution is 1.07. The molecular formula is C117H79N13. The van der Waals surface area contributed by atoms with Crippen molar-refractivity contribution < 1.29 is 0 Å². The van der Waals surface area contributed by atoms with Gasteiger partial charge in [0.25, 0.3) is 0 Å². The molecule has 0 aliphatic rings. The van der Waals surface area contributed by atoms with Crippen molar-refractivity contribution in [1.29, 1.82) is 0 Å². The number of hydrogen-bond acceptors (Lipinski definition) is 13. The van der Waals surface area contributed by atoms with Crippen LogP contribution in [0.1, 0.15) is 0 Å². The molecular weight excluding hydrogens is 1590 g/mol. The van der Waals surface area contributed by atoms with E-state index >= 15 is 0 Å². The molecule has 0 N–H and O–H groups in total. The number of pyridine rings is 3. The molecule has 13 heteroatoms. The number of hydrogen-bond donors (Lipinski definition) is 0. The summed E-state index contributed by atoms with van der Waals surface area (Å²) in [4.78, 5) is 62.2. The van der Waals surface area contributed by atoms with Gasteiger partial charge in [0.2, 0.25) is 0 Å². The Kier molecular flexibility index (Phi) is 23.6. The van der Waals surface area contributed by atoms with E-state index in [-0.39, 0.29) is 0 Å². The highest BCUT2D eigenvalue weighted by atomic mass is 15.0.